The van der Waals surface area contributed by atoms with E-state index in [2.05, 4.69) is 5.32 Å². The number of rotatable bonds is 4. The second-order valence-electron chi connectivity index (χ2n) is 5.45. The highest BCUT2D eigenvalue weighted by molar-refractivity contribution is 5.98. The molecule has 0 aliphatic heterocycles. The number of aryl methyl sites for hydroxylation is 1. The summed E-state index contributed by atoms with van der Waals surface area (Å²) in [5.41, 5.74) is 11.8. The van der Waals surface area contributed by atoms with Gasteiger partial charge in [-0.05, 0) is 31.4 Å². The van der Waals surface area contributed by atoms with Crippen LogP contribution in [0.25, 0.3) is 0 Å². The van der Waals surface area contributed by atoms with Gasteiger partial charge in [-0.1, -0.05) is 12.8 Å². The Balaban J connectivity index is 2.09. The molecule has 0 aromatic carbocycles. The van der Waals surface area contributed by atoms with E-state index in [1.54, 1.807) is 17.8 Å². The van der Waals surface area contributed by atoms with Crippen molar-refractivity contribution in [2.24, 2.45) is 24.4 Å². The third-order valence-electron chi connectivity index (χ3n) is 4.05. The van der Waals surface area contributed by atoms with Gasteiger partial charge in [0.15, 0.2) is 0 Å². The molecule has 1 fully saturated rings. The zero-order valence-corrected chi connectivity index (χ0v) is 11.8. The molecular weight excluding hydrogens is 256 g/mol. The highest BCUT2D eigenvalue weighted by Gasteiger charge is 2.26. The molecule has 2 atom stereocenters. The molecule has 2 unspecified atom stereocenters. The predicted molar refractivity (Wildman–Crippen MR) is 76.2 cm³/mol. The van der Waals surface area contributed by atoms with Crippen LogP contribution in [-0.4, -0.2) is 29.0 Å². The number of amides is 2. The molecule has 1 heterocycles. The van der Waals surface area contributed by atoms with Crippen LogP contribution < -0.4 is 16.8 Å². The first-order valence-corrected chi connectivity index (χ1v) is 7.00. The Kier molecular flexibility index (Phi) is 4.44. The standard InChI is InChI=1S/C14H22N4O2/c1-18-8-10(13(16)19)6-12(18)14(20)17-11-5-3-2-4-9(11)7-15/h6,8-9,11H,2-5,7,15H2,1H3,(H2,16,19)(H,17,20). The summed E-state index contributed by atoms with van der Waals surface area (Å²) in [6.45, 7) is 0.588. The molecule has 1 saturated carbocycles. The lowest BCUT2D eigenvalue weighted by molar-refractivity contribution is 0.0899. The van der Waals surface area contributed by atoms with Crippen LogP contribution in [0.15, 0.2) is 12.3 Å². The van der Waals surface area contributed by atoms with Crippen molar-refractivity contribution in [3.63, 3.8) is 0 Å². The van der Waals surface area contributed by atoms with Crippen LogP contribution in [0.2, 0.25) is 0 Å². The zero-order chi connectivity index (χ0) is 14.7. The molecular formula is C14H22N4O2. The number of carbonyl (C=O) groups is 2. The molecule has 2 amide bonds. The van der Waals surface area contributed by atoms with Crippen molar-refractivity contribution >= 4 is 11.8 Å². The van der Waals surface area contributed by atoms with Gasteiger partial charge in [-0.2, -0.15) is 0 Å². The molecule has 2 rings (SSSR count). The number of primary amides is 1. The van der Waals surface area contributed by atoms with E-state index >= 15 is 0 Å². The topological polar surface area (TPSA) is 103 Å². The monoisotopic (exact) mass is 278 g/mol. The molecule has 20 heavy (non-hydrogen) atoms. The van der Waals surface area contributed by atoms with Gasteiger partial charge >= 0.3 is 0 Å². The Labute approximate surface area is 118 Å². The van der Waals surface area contributed by atoms with E-state index in [1.807, 2.05) is 0 Å². The molecule has 0 saturated heterocycles. The van der Waals surface area contributed by atoms with Crippen molar-refractivity contribution in [3.8, 4) is 0 Å². The Bertz CT molecular complexity index is 509. The summed E-state index contributed by atoms with van der Waals surface area (Å²) in [5.74, 6) is -0.369. The summed E-state index contributed by atoms with van der Waals surface area (Å²) in [6.07, 6.45) is 5.87. The van der Waals surface area contributed by atoms with E-state index in [9.17, 15) is 9.59 Å². The molecule has 6 heteroatoms. The first kappa shape index (κ1) is 14.6. The predicted octanol–water partition coefficient (Wildman–Crippen LogP) is 0.371. The fraction of sp³-hybridized carbons (Fsp3) is 0.571. The maximum atomic E-state index is 12.3. The van der Waals surface area contributed by atoms with Crippen LogP contribution in [0, 0.1) is 5.92 Å². The second kappa shape index (κ2) is 6.09. The summed E-state index contributed by atoms with van der Waals surface area (Å²) in [7, 11) is 1.72. The third-order valence-corrected chi connectivity index (χ3v) is 4.05. The average Bonchev–Trinajstić information content (AvgIpc) is 2.82. The normalized spacial score (nSPS) is 22.5. The van der Waals surface area contributed by atoms with Crippen LogP contribution in [0.4, 0.5) is 0 Å². The minimum atomic E-state index is -0.530. The first-order valence-electron chi connectivity index (χ1n) is 7.00. The van der Waals surface area contributed by atoms with Crippen LogP contribution in [0.3, 0.4) is 0 Å². The Morgan fingerprint density at radius 2 is 2.10 bits per heavy atom. The van der Waals surface area contributed by atoms with E-state index < -0.39 is 5.91 Å². The molecule has 5 N–H and O–H groups in total. The van der Waals surface area contributed by atoms with Crippen LogP contribution in [0.1, 0.15) is 46.5 Å². The maximum absolute atomic E-state index is 12.3. The largest absolute Gasteiger partial charge is 0.366 e. The SMILES string of the molecule is Cn1cc(C(N)=O)cc1C(=O)NC1CCCCC1CN. The number of nitrogens with zero attached hydrogens (tertiary/aromatic N) is 1. The van der Waals surface area contributed by atoms with Gasteiger partial charge in [-0.3, -0.25) is 9.59 Å². The van der Waals surface area contributed by atoms with E-state index in [4.69, 9.17) is 11.5 Å². The maximum Gasteiger partial charge on any atom is 0.268 e. The number of hydrogen-bond acceptors (Lipinski definition) is 3. The summed E-state index contributed by atoms with van der Waals surface area (Å²) in [4.78, 5) is 23.4. The first-order chi connectivity index (χ1) is 9.52. The number of hydrogen-bond donors (Lipinski definition) is 3. The van der Waals surface area contributed by atoms with E-state index in [-0.39, 0.29) is 11.9 Å². The average molecular weight is 278 g/mol. The summed E-state index contributed by atoms with van der Waals surface area (Å²) >= 11 is 0. The Morgan fingerprint density at radius 3 is 2.70 bits per heavy atom. The molecule has 1 aliphatic carbocycles. The third kappa shape index (κ3) is 3.01. The van der Waals surface area contributed by atoms with Gasteiger partial charge in [0, 0.05) is 19.3 Å². The highest BCUT2D eigenvalue weighted by Crippen LogP contribution is 2.23. The van der Waals surface area contributed by atoms with Crippen molar-refractivity contribution in [3.05, 3.63) is 23.5 Å². The van der Waals surface area contributed by atoms with Crippen LogP contribution in [-0.2, 0) is 7.05 Å². The van der Waals surface area contributed by atoms with E-state index in [0.717, 1.165) is 19.3 Å². The second-order valence-corrected chi connectivity index (χ2v) is 5.45. The summed E-state index contributed by atoms with van der Waals surface area (Å²) < 4.78 is 1.62. The lowest BCUT2D eigenvalue weighted by atomic mass is 9.84. The fourth-order valence-electron chi connectivity index (χ4n) is 2.85. The van der Waals surface area contributed by atoms with Gasteiger partial charge in [0.25, 0.3) is 5.91 Å². The minimum Gasteiger partial charge on any atom is -0.366 e. The van der Waals surface area contributed by atoms with Crippen LogP contribution >= 0.6 is 0 Å². The molecule has 0 radical (unpaired) electrons. The van der Waals surface area contributed by atoms with Gasteiger partial charge in [0.2, 0.25) is 5.91 Å². The molecule has 0 spiro atoms. The molecule has 0 bridgehead atoms. The van der Waals surface area contributed by atoms with Crippen molar-refractivity contribution < 1.29 is 9.59 Å². The van der Waals surface area contributed by atoms with Gasteiger partial charge in [0.1, 0.15) is 5.69 Å². The van der Waals surface area contributed by atoms with E-state index in [0.29, 0.717) is 23.7 Å². The number of nitrogens with two attached hydrogens (primary N) is 2. The lowest BCUT2D eigenvalue weighted by Crippen LogP contribution is -2.45. The highest BCUT2D eigenvalue weighted by atomic mass is 16.2. The molecule has 110 valence electrons. The van der Waals surface area contributed by atoms with Gasteiger partial charge < -0.3 is 21.4 Å². The Morgan fingerprint density at radius 1 is 1.40 bits per heavy atom. The summed E-state index contributed by atoms with van der Waals surface area (Å²) in [5, 5.41) is 3.04. The van der Waals surface area contributed by atoms with Gasteiger partial charge in [0.05, 0.1) is 5.56 Å². The zero-order valence-electron chi connectivity index (χ0n) is 11.8. The molecule has 1 aromatic heterocycles. The van der Waals surface area contributed by atoms with Gasteiger partial charge in [-0.25, -0.2) is 0 Å². The number of aromatic nitrogens is 1. The van der Waals surface area contributed by atoms with Crippen molar-refractivity contribution in [2.75, 3.05) is 6.54 Å². The lowest BCUT2D eigenvalue weighted by Gasteiger charge is -2.31. The van der Waals surface area contributed by atoms with E-state index in [1.165, 1.54) is 12.5 Å². The quantitative estimate of drug-likeness (QED) is 0.741. The van der Waals surface area contributed by atoms with Crippen molar-refractivity contribution in [1.29, 1.82) is 0 Å². The van der Waals surface area contributed by atoms with Gasteiger partial charge in [-0.15, -0.1) is 0 Å². The molecule has 1 aromatic rings. The molecule has 1 aliphatic rings. The number of carbonyl (C=O) groups excluding carboxylic acids is 2. The van der Waals surface area contributed by atoms with Crippen LogP contribution in [0.5, 0.6) is 0 Å². The van der Waals surface area contributed by atoms with Crippen molar-refractivity contribution in [1.82, 2.24) is 9.88 Å². The number of nitrogens with one attached hydrogen (secondary N) is 1. The fourth-order valence-corrected chi connectivity index (χ4v) is 2.85. The molecule has 6 nitrogen and oxygen atoms in total. The smallest absolute Gasteiger partial charge is 0.268 e. The Hall–Kier alpha value is -1.82. The van der Waals surface area contributed by atoms with Crippen molar-refractivity contribution in [2.45, 2.75) is 31.7 Å². The minimum absolute atomic E-state index is 0.119. The summed E-state index contributed by atoms with van der Waals surface area (Å²) in [6, 6.07) is 1.64.